The summed E-state index contributed by atoms with van der Waals surface area (Å²) in [5, 5.41) is 9.38. The number of carbonyl (C=O) groups is 2. The van der Waals surface area contributed by atoms with Crippen LogP contribution in [0.1, 0.15) is 26.7 Å². The highest BCUT2D eigenvalue weighted by atomic mass is 16.5. The van der Waals surface area contributed by atoms with Gasteiger partial charge in [-0.15, -0.1) is 0 Å². The molecular weight excluding hydrogens is 262 g/mol. The van der Waals surface area contributed by atoms with Crippen LogP contribution >= 0.6 is 0 Å². The van der Waals surface area contributed by atoms with Crippen LogP contribution in [0.4, 0.5) is 0 Å². The highest BCUT2D eigenvalue weighted by Crippen LogP contribution is 2.44. The Labute approximate surface area is 118 Å². The number of carboxylic acids is 1. The van der Waals surface area contributed by atoms with Gasteiger partial charge in [0.25, 0.3) is 0 Å². The molecule has 0 aromatic rings. The quantitative estimate of drug-likeness (QED) is 0.798. The summed E-state index contributed by atoms with van der Waals surface area (Å²) >= 11 is 0. The molecule has 0 radical (unpaired) electrons. The van der Waals surface area contributed by atoms with E-state index in [1.807, 2.05) is 13.8 Å². The van der Waals surface area contributed by atoms with Gasteiger partial charge in [0.15, 0.2) is 0 Å². The van der Waals surface area contributed by atoms with Gasteiger partial charge in [0, 0.05) is 13.1 Å². The van der Waals surface area contributed by atoms with Gasteiger partial charge in [-0.05, 0) is 26.7 Å². The minimum atomic E-state index is -0.912. The maximum absolute atomic E-state index is 12.7. The number of nitrogens with zero attached hydrogens (tertiary/aromatic N) is 1. The van der Waals surface area contributed by atoms with Gasteiger partial charge >= 0.3 is 5.97 Å². The van der Waals surface area contributed by atoms with Crippen LogP contribution in [0.5, 0.6) is 0 Å². The highest BCUT2D eigenvalue weighted by molar-refractivity contribution is 5.86. The van der Waals surface area contributed by atoms with Crippen LogP contribution in [0.3, 0.4) is 0 Å². The van der Waals surface area contributed by atoms with Crippen molar-refractivity contribution < 1.29 is 24.2 Å². The number of amides is 1. The molecule has 0 spiro atoms. The van der Waals surface area contributed by atoms with Crippen LogP contribution in [0.2, 0.25) is 0 Å². The Kier molecular flexibility index (Phi) is 3.46. The zero-order valence-electron chi connectivity index (χ0n) is 11.8. The maximum Gasteiger partial charge on any atom is 0.310 e. The fourth-order valence-electron chi connectivity index (χ4n) is 3.87. The second-order valence-corrected chi connectivity index (χ2v) is 6.18. The van der Waals surface area contributed by atoms with Gasteiger partial charge in [0.2, 0.25) is 5.91 Å². The molecule has 3 aliphatic rings. The third kappa shape index (κ3) is 2.20. The molecule has 1 N–H and O–H groups in total. The molecular formula is C14H21NO5. The van der Waals surface area contributed by atoms with Gasteiger partial charge in [-0.25, -0.2) is 0 Å². The highest BCUT2D eigenvalue weighted by Gasteiger charge is 2.56. The van der Waals surface area contributed by atoms with Crippen LogP contribution < -0.4 is 0 Å². The standard InChI is InChI=1S/C14H21NO5/c1-7-5-15(6-8(2)19-7)13(16)11-9-3-4-10(20-9)12(11)14(17)18/h7-12H,3-6H2,1-2H3,(H,17,18)/t7-,8+,9-,10+,11-,12-/m0/s1. The van der Waals surface area contributed by atoms with Crippen molar-refractivity contribution in [3.05, 3.63) is 0 Å². The molecule has 20 heavy (non-hydrogen) atoms. The molecule has 0 aliphatic carbocycles. The van der Waals surface area contributed by atoms with E-state index in [4.69, 9.17) is 9.47 Å². The van der Waals surface area contributed by atoms with Crippen molar-refractivity contribution in [3.63, 3.8) is 0 Å². The molecule has 1 amide bonds. The number of morpholine rings is 1. The first-order valence-corrected chi connectivity index (χ1v) is 7.30. The Morgan fingerprint density at radius 1 is 1.00 bits per heavy atom. The van der Waals surface area contributed by atoms with E-state index in [1.54, 1.807) is 4.90 Å². The molecule has 6 nitrogen and oxygen atoms in total. The van der Waals surface area contributed by atoms with Gasteiger partial charge in [-0.2, -0.15) is 0 Å². The lowest BCUT2D eigenvalue weighted by atomic mass is 9.78. The molecule has 0 saturated carbocycles. The van der Waals surface area contributed by atoms with Gasteiger partial charge in [-0.1, -0.05) is 0 Å². The van der Waals surface area contributed by atoms with Crippen LogP contribution in [-0.2, 0) is 19.1 Å². The van der Waals surface area contributed by atoms with E-state index in [9.17, 15) is 14.7 Å². The smallest absolute Gasteiger partial charge is 0.310 e. The summed E-state index contributed by atoms with van der Waals surface area (Å²) in [6.07, 6.45) is 1.02. The second-order valence-electron chi connectivity index (χ2n) is 6.18. The third-order valence-corrected chi connectivity index (χ3v) is 4.57. The Balaban J connectivity index is 1.77. The summed E-state index contributed by atoms with van der Waals surface area (Å²) in [7, 11) is 0. The van der Waals surface area contributed by atoms with Crippen LogP contribution in [-0.4, -0.2) is 59.4 Å². The van der Waals surface area contributed by atoms with E-state index in [0.717, 1.165) is 12.8 Å². The summed E-state index contributed by atoms with van der Waals surface area (Å²) in [5.41, 5.74) is 0. The number of hydrogen-bond donors (Lipinski definition) is 1. The maximum atomic E-state index is 12.7. The fraction of sp³-hybridized carbons (Fsp3) is 0.857. The first kappa shape index (κ1) is 13.8. The second kappa shape index (κ2) is 5.00. The average Bonchev–Trinajstić information content (AvgIpc) is 2.96. The minimum Gasteiger partial charge on any atom is -0.481 e. The molecule has 3 saturated heterocycles. The van der Waals surface area contributed by atoms with Gasteiger partial charge in [-0.3, -0.25) is 9.59 Å². The van der Waals surface area contributed by atoms with Gasteiger partial charge in [0.05, 0.1) is 36.3 Å². The summed E-state index contributed by atoms with van der Waals surface area (Å²) < 4.78 is 11.3. The molecule has 6 heteroatoms. The average molecular weight is 283 g/mol. The Bertz CT molecular complexity index is 416. The summed E-state index contributed by atoms with van der Waals surface area (Å²) in [4.78, 5) is 25.9. The van der Waals surface area contributed by atoms with E-state index in [1.165, 1.54) is 0 Å². The molecule has 3 rings (SSSR count). The van der Waals surface area contributed by atoms with E-state index >= 15 is 0 Å². The number of ether oxygens (including phenoxy) is 2. The predicted molar refractivity (Wildman–Crippen MR) is 69.1 cm³/mol. The zero-order chi connectivity index (χ0) is 14.4. The van der Waals surface area contributed by atoms with Gasteiger partial charge in [0.1, 0.15) is 0 Å². The number of hydrogen-bond acceptors (Lipinski definition) is 4. The molecule has 2 bridgehead atoms. The minimum absolute atomic E-state index is 0.00881. The normalized spacial score (nSPS) is 43.8. The van der Waals surface area contributed by atoms with Crippen LogP contribution in [0.15, 0.2) is 0 Å². The zero-order valence-corrected chi connectivity index (χ0v) is 11.8. The lowest BCUT2D eigenvalue weighted by Gasteiger charge is -2.38. The third-order valence-electron chi connectivity index (χ3n) is 4.57. The largest absolute Gasteiger partial charge is 0.481 e. The first-order chi connectivity index (χ1) is 9.47. The molecule has 3 fully saturated rings. The van der Waals surface area contributed by atoms with Crippen molar-refractivity contribution in [3.8, 4) is 0 Å². The summed E-state index contributed by atoms with van der Waals surface area (Å²) in [6, 6.07) is 0. The first-order valence-electron chi connectivity index (χ1n) is 7.30. The van der Waals surface area contributed by atoms with E-state index < -0.39 is 17.8 Å². The Morgan fingerprint density at radius 3 is 2.10 bits per heavy atom. The fourth-order valence-corrected chi connectivity index (χ4v) is 3.87. The summed E-state index contributed by atoms with van der Waals surface area (Å²) in [5.74, 6) is -2.20. The molecule has 3 aliphatic heterocycles. The topological polar surface area (TPSA) is 76.1 Å². The van der Waals surface area contributed by atoms with E-state index in [2.05, 4.69) is 0 Å². The lowest BCUT2D eigenvalue weighted by molar-refractivity contribution is -0.156. The number of fused-ring (bicyclic) bond motifs is 2. The number of carboxylic acid groups (broad SMARTS) is 1. The molecule has 0 unspecified atom stereocenters. The molecule has 0 aromatic heterocycles. The number of rotatable bonds is 2. The van der Waals surface area contributed by atoms with E-state index in [-0.39, 0.29) is 30.3 Å². The SMILES string of the molecule is C[C@@H]1CN(C(=O)[C@@H]2[C@@H](C(=O)O)[C@H]3CC[C@@H]2O3)C[C@H](C)O1. The van der Waals surface area contributed by atoms with Crippen LogP contribution in [0, 0.1) is 11.8 Å². The molecule has 3 heterocycles. The summed E-state index contributed by atoms with van der Waals surface area (Å²) in [6.45, 7) is 4.93. The lowest BCUT2D eigenvalue weighted by Crippen LogP contribution is -2.53. The van der Waals surface area contributed by atoms with E-state index in [0.29, 0.717) is 13.1 Å². The van der Waals surface area contributed by atoms with Crippen molar-refractivity contribution in [2.24, 2.45) is 11.8 Å². The molecule has 6 atom stereocenters. The monoisotopic (exact) mass is 283 g/mol. The number of carbonyl (C=O) groups excluding carboxylic acids is 1. The van der Waals surface area contributed by atoms with Crippen molar-refractivity contribution in [1.29, 1.82) is 0 Å². The molecule has 112 valence electrons. The Morgan fingerprint density at radius 2 is 1.55 bits per heavy atom. The van der Waals surface area contributed by atoms with Crippen LogP contribution in [0.25, 0.3) is 0 Å². The molecule has 0 aromatic carbocycles. The van der Waals surface area contributed by atoms with Crippen molar-refractivity contribution >= 4 is 11.9 Å². The predicted octanol–water partition coefficient (Wildman–Crippen LogP) is 0.500. The van der Waals surface area contributed by atoms with Crippen molar-refractivity contribution in [1.82, 2.24) is 4.90 Å². The Hall–Kier alpha value is -1.14. The number of aliphatic carboxylic acids is 1. The van der Waals surface area contributed by atoms with Crippen molar-refractivity contribution in [2.75, 3.05) is 13.1 Å². The van der Waals surface area contributed by atoms with Crippen molar-refractivity contribution in [2.45, 2.75) is 51.1 Å². The van der Waals surface area contributed by atoms with Gasteiger partial charge < -0.3 is 19.5 Å².